The zero-order chi connectivity index (χ0) is 19.1. The minimum absolute atomic E-state index is 0.0237. The van der Waals surface area contributed by atoms with Crippen LogP contribution in [-0.2, 0) is 0 Å². The summed E-state index contributed by atoms with van der Waals surface area (Å²) in [6, 6.07) is 10.3. The fraction of sp³-hybridized carbons (Fsp3) is 0.435. The SMILES string of the molecule is CC1(C)[C@@H]2CC[C@]3(C)Oc4cc(O)c(C(=O)c5ccccc5)c(O)c4[C@H]1[C@@H]23. The van der Waals surface area contributed by atoms with Gasteiger partial charge in [0.05, 0.1) is 0 Å². The number of hydrogen-bond donors (Lipinski definition) is 2. The number of benzene rings is 2. The van der Waals surface area contributed by atoms with Crippen LogP contribution in [0.4, 0.5) is 0 Å². The van der Waals surface area contributed by atoms with E-state index < -0.39 is 0 Å². The predicted molar refractivity (Wildman–Crippen MR) is 101 cm³/mol. The van der Waals surface area contributed by atoms with Crippen molar-refractivity contribution in [3.8, 4) is 17.2 Å². The van der Waals surface area contributed by atoms with Crippen molar-refractivity contribution in [2.24, 2.45) is 17.3 Å². The quantitative estimate of drug-likeness (QED) is 0.763. The first-order valence-corrected chi connectivity index (χ1v) is 9.63. The first-order valence-electron chi connectivity index (χ1n) is 9.63. The van der Waals surface area contributed by atoms with E-state index in [9.17, 15) is 15.0 Å². The Hall–Kier alpha value is -2.49. The van der Waals surface area contributed by atoms with Gasteiger partial charge in [0.1, 0.15) is 28.4 Å². The van der Waals surface area contributed by atoms with Crippen LogP contribution in [0.5, 0.6) is 17.2 Å². The van der Waals surface area contributed by atoms with Gasteiger partial charge in [-0.15, -0.1) is 0 Å². The van der Waals surface area contributed by atoms with E-state index in [2.05, 4.69) is 20.8 Å². The van der Waals surface area contributed by atoms with Crippen LogP contribution in [0.25, 0.3) is 0 Å². The lowest BCUT2D eigenvalue weighted by Gasteiger charge is -2.62. The third-order valence-corrected chi connectivity index (χ3v) is 7.41. The molecule has 2 aromatic rings. The van der Waals surface area contributed by atoms with Gasteiger partial charge in [0.15, 0.2) is 0 Å². The maximum absolute atomic E-state index is 13.0. The van der Waals surface area contributed by atoms with Gasteiger partial charge >= 0.3 is 0 Å². The van der Waals surface area contributed by atoms with Crippen LogP contribution >= 0.6 is 0 Å². The summed E-state index contributed by atoms with van der Waals surface area (Å²) in [5, 5.41) is 21.7. The summed E-state index contributed by atoms with van der Waals surface area (Å²) in [4.78, 5) is 13.0. The molecule has 27 heavy (non-hydrogen) atoms. The van der Waals surface area contributed by atoms with E-state index >= 15 is 0 Å². The van der Waals surface area contributed by atoms with Crippen LogP contribution in [-0.4, -0.2) is 21.6 Å². The number of phenolic OH excluding ortho intramolecular Hbond substituents is 2. The van der Waals surface area contributed by atoms with E-state index in [0.29, 0.717) is 28.7 Å². The highest BCUT2D eigenvalue weighted by molar-refractivity contribution is 6.12. The first-order chi connectivity index (χ1) is 12.8. The Labute approximate surface area is 158 Å². The van der Waals surface area contributed by atoms with Crippen molar-refractivity contribution in [2.75, 3.05) is 0 Å². The van der Waals surface area contributed by atoms with E-state index in [1.54, 1.807) is 24.3 Å². The van der Waals surface area contributed by atoms with E-state index in [1.807, 2.05) is 6.07 Å². The molecule has 0 radical (unpaired) electrons. The molecule has 2 N–H and O–H groups in total. The number of hydrogen-bond acceptors (Lipinski definition) is 4. The van der Waals surface area contributed by atoms with Gasteiger partial charge < -0.3 is 14.9 Å². The Morgan fingerprint density at radius 1 is 1.15 bits per heavy atom. The third kappa shape index (κ3) is 1.96. The highest BCUT2D eigenvalue weighted by Crippen LogP contribution is 2.74. The Bertz CT molecular complexity index is 962. The van der Waals surface area contributed by atoms with Gasteiger partial charge in [-0.3, -0.25) is 4.79 Å². The van der Waals surface area contributed by atoms with Gasteiger partial charge in [-0.05, 0) is 31.1 Å². The van der Waals surface area contributed by atoms with Gasteiger partial charge in [-0.1, -0.05) is 44.2 Å². The first kappa shape index (κ1) is 16.7. The molecule has 0 amide bonds. The highest BCUT2D eigenvalue weighted by Gasteiger charge is 2.69. The zero-order valence-electron chi connectivity index (χ0n) is 15.8. The van der Waals surface area contributed by atoms with Crippen LogP contribution in [0.3, 0.4) is 0 Å². The number of aromatic hydroxyl groups is 2. The number of ether oxygens (including phenoxy) is 1. The third-order valence-electron chi connectivity index (χ3n) is 7.41. The maximum atomic E-state index is 13.0. The number of ketones is 1. The smallest absolute Gasteiger partial charge is 0.200 e. The van der Waals surface area contributed by atoms with Gasteiger partial charge in [0.25, 0.3) is 0 Å². The summed E-state index contributed by atoms with van der Waals surface area (Å²) in [5.41, 5.74) is 0.878. The second-order valence-corrected chi connectivity index (χ2v) is 9.11. The molecule has 1 heterocycles. The minimum atomic E-state index is -0.373. The molecule has 2 saturated carbocycles. The molecule has 0 unspecified atom stereocenters. The van der Waals surface area contributed by atoms with Crippen LogP contribution < -0.4 is 4.74 Å². The average molecular weight is 364 g/mol. The lowest BCUT2D eigenvalue weighted by atomic mass is 9.45. The molecular formula is C23H24O4. The van der Waals surface area contributed by atoms with Crippen LogP contribution in [0.1, 0.15) is 61.0 Å². The summed E-state index contributed by atoms with van der Waals surface area (Å²) in [6.07, 6.45) is 2.09. The largest absolute Gasteiger partial charge is 0.507 e. The number of phenols is 2. The lowest BCUT2D eigenvalue weighted by Crippen LogP contribution is -2.59. The van der Waals surface area contributed by atoms with Crippen molar-refractivity contribution < 1.29 is 19.7 Å². The molecule has 0 spiro atoms. The minimum Gasteiger partial charge on any atom is -0.507 e. The standard InChI is InChI=1S/C23H24O4/c1-22(2)13-9-10-23(3)18(13)19(22)17-15(27-23)11-14(24)16(21(17)26)20(25)12-7-5-4-6-8-12/h4-8,11,13,18-19,24,26H,9-10H2,1-3H3/t13-,18-,19+,23+/m1/s1. The molecule has 140 valence electrons. The summed E-state index contributed by atoms with van der Waals surface area (Å²) in [6.45, 7) is 6.62. The van der Waals surface area contributed by atoms with Gasteiger partial charge in [-0.25, -0.2) is 0 Å². The molecule has 2 fully saturated rings. The molecule has 3 aliphatic rings. The monoisotopic (exact) mass is 364 g/mol. The lowest BCUT2D eigenvalue weighted by molar-refractivity contribution is -0.121. The average Bonchev–Trinajstić information content (AvgIpc) is 2.96. The Balaban J connectivity index is 1.70. The van der Waals surface area contributed by atoms with E-state index in [1.165, 1.54) is 6.07 Å². The maximum Gasteiger partial charge on any atom is 0.200 e. The topological polar surface area (TPSA) is 66.8 Å². The zero-order valence-corrected chi connectivity index (χ0v) is 15.8. The summed E-state index contributed by atoms with van der Waals surface area (Å²) in [5.74, 6) is 0.825. The Kier molecular flexibility index (Phi) is 3.12. The molecule has 2 aliphatic carbocycles. The fourth-order valence-electron chi connectivity index (χ4n) is 6.12. The van der Waals surface area contributed by atoms with Crippen molar-refractivity contribution >= 4 is 5.78 Å². The molecule has 0 aromatic heterocycles. The Morgan fingerprint density at radius 2 is 1.85 bits per heavy atom. The molecule has 1 aliphatic heterocycles. The van der Waals surface area contributed by atoms with E-state index in [4.69, 9.17) is 4.74 Å². The molecule has 0 saturated heterocycles. The number of carbonyl (C=O) groups excluding carboxylic acids is 1. The van der Waals surface area contributed by atoms with E-state index in [-0.39, 0.29) is 39.8 Å². The second-order valence-electron chi connectivity index (χ2n) is 9.11. The van der Waals surface area contributed by atoms with Crippen molar-refractivity contribution in [1.29, 1.82) is 0 Å². The van der Waals surface area contributed by atoms with Crippen LogP contribution in [0, 0.1) is 17.3 Å². The molecule has 4 nitrogen and oxygen atoms in total. The fourth-order valence-corrected chi connectivity index (χ4v) is 6.12. The Morgan fingerprint density at radius 3 is 2.56 bits per heavy atom. The van der Waals surface area contributed by atoms with Gasteiger partial charge in [0.2, 0.25) is 5.78 Å². The normalized spacial score (nSPS) is 32.0. The van der Waals surface area contributed by atoms with Crippen LogP contribution in [0.2, 0.25) is 0 Å². The van der Waals surface area contributed by atoms with Crippen molar-refractivity contribution in [3.05, 3.63) is 53.1 Å². The predicted octanol–water partition coefficient (Wildman–Crippen LogP) is 4.63. The number of fused-ring (bicyclic) bond motifs is 2. The van der Waals surface area contributed by atoms with Crippen molar-refractivity contribution in [2.45, 2.75) is 45.1 Å². The summed E-state index contributed by atoms with van der Waals surface area (Å²) in [7, 11) is 0. The number of rotatable bonds is 2. The molecule has 5 rings (SSSR count). The molecule has 2 aromatic carbocycles. The summed E-state index contributed by atoms with van der Waals surface area (Å²) < 4.78 is 6.31. The van der Waals surface area contributed by atoms with Gasteiger partial charge in [-0.2, -0.15) is 0 Å². The number of carbonyl (C=O) groups is 1. The van der Waals surface area contributed by atoms with Crippen molar-refractivity contribution in [1.82, 2.24) is 0 Å². The molecule has 4 atom stereocenters. The van der Waals surface area contributed by atoms with Gasteiger partial charge in [0, 0.05) is 29.0 Å². The molecular weight excluding hydrogens is 340 g/mol. The second kappa shape index (κ2) is 5.06. The molecule has 4 heteroatoms. The summed E-state index contributed by atoms with van der Waals surface area (Å²) >= 11 is 0. The van der Waals surface area contributed by atoms with E-state index in [0.717, 1.165) is 12.8 Å². The molecule has 0 bridgehead atoms. The van der Waals surface area contributed by atoms with Crippen LogP contribution in [0.15, 0.2) is 36.4 Å². The highest BCUT2D eigenvalue weighted by atomic mass is 16.5. The van der Waals surface area contributed by atoms with Crippen molar-refractivity contribution in [3.63, 3.8) is 0 Å².